The number of benzene rings is 5. The second-order valence-corrected chi connectivity index (χ2v) is 7.61. The summed E-state index contributed by atoms with van der Waals surface area (Å²) in [4.78, 5) is 24.6. The number of rotatable bonds is 4. The van der Waals surface area contributed by atoms with Crippen LogP contribution in [0, 0.1) is 0 Å². The van der Waals surface area contributed by atoms with E-state index in [9.17, 15) is 19.8 Å². The van der Waals surface area contributed by atoms with Gasteiger partial charge < -0.3 is 10.2 Å². The van der Waals surface area contributed by atoms with E-state index in [0.29, 0.717) is 22.3 Å². The Bertz CT molecular complexity index is 1400. The highest BCUT2D eigenvalue weighted by atomic mass is 16.4. The van der Waals surface area contributed by atoms with Gasteiger partial charge in [0.05, 0.1) is 11.1 Å². The number of carboxylic acids is 2. The topological polar surface area (TPSA) is 74.6 Å². The van der Waals surface area contributed by atoms with Gasteiger partial charge in [-0.1, -0.05) is 84.9 Å². The van der Waals surface area contributed by atoms with Crippen LogP contribution in [0.1, 0.15) is 20.7 Å². The highest BCUT2D eigenvalue weighted by Gasteiger charge is 2.22. The number of hydrogen-bond donors (Lipinski definition) is 2. The summed E-state index contributed by atoms with van der Waals surface area (Å²) in [5, 5.41) is 23.8. The minimum atomic E-state index is -1.11. The molecule has 0 amide bonds. The SMILES string of the molecule is O=C(O)c1cc(-c2cccc3ccccc23)c(C(=O)O)cc1-c1cccc2ccccc12. The molecule has 0 aliphatic carbocycles. The smallest absolute Gasteiger partial charge is 0.336 e. The molecule has 0 spiro atoms. The molecule has 0 atom stereocenters. The van der Waals surface area contributed by atoms with Crippen LogP contribution < -0.4 is 0 Å². The lowest BCUT2D eigenvalue weighted by Gasteiger charge is -2.16. The van der Waals surface area contributed by atoms with Gasteiger partial charge in [0.15, 0.2) is 0 Å². The van der Waals surface area contributed by atoms with E-state index in [1.165, 1.54) is 12.1 Å². The zero-order valence-corrected chi connectivity index (χ0v) is 16.9. The van der Waals surface area contributed by atoms with Crippen molar-refractivity contribution >= 4 is 33.5 Å². The summed E-state index contributed by atoms with van der Waals surface area (Å²) in [7, 11) is 0. The molecule has 0 aliphatic heterocycles. The number of fused-ring (bicyclic) bond motifs is 2. The average molecular weight is 418 g/mol. The van der Waals surface area contributed by atoms with Crippen molar-refractivity contribution in [3.63, 3.8) is 0 Å². The largest absolute Gasteiger partial charge is 0.478 e. The maximum absolute atomic E-state index is 12.3. The zero-order chi connectivity index (χ0) is 22.2. The quantitative estimate of drug-likeness (QED) is 0.340. The molecule has 0 bridgehead atoms. The average Bonchev–Trinajstić information content (AvgIpc) is 2.82. The summed E-state index contributed by atoms with van der Waals surface area (Å²) in [5.41, 5.74) is 2.27. The van der Waals surface area contributed by atoms with Crippen molar-refractivity contribution in [2.45, 2.75) is 0 Å². The minimum Gasteiger partial charge on any atom is -0.478 e. The molecule has 0 aromatic heterocycles. The second kappa shape index (κ2) is 7.67. The summed E-state index contributed by atoms with van der Waals surface area (Å²) in [5.74, 6) is -2.21. The molecule has 0 saturated heterocycles. The van der Waals surface area contributed by atoms with Crippen LogP contribution in [0.15, 0.2) is 97.1 Å². The Balaban J connectivity index is 1.86. The van der Waals surface area contributed by atoms with Crippen LogP contribution in [0.25, 0.3) is 43.8 Å². The van der Waals surface area contributed by atoms with Crippen LogP contribution in [0.5, 0.6) is 0 Å². The molecule has 4 nitrogen and oxygen atoms in total. The number of carboxylic acid groups (broad SMARTS) is 2. The number of hydrogen-bond acceptors (Lipinski definition) is 2. The van der Waals surface area contributed by atoms with Crippen molar-refractivity contribution in [1.82, 2.24) is 0 Å². The van der Waals surface area contributed by atoms with Crippen molar-refractivity contribution in [2.75, 3.05) is 0 Å². The van der Waals surface area contributed by atoms with E-state index in [-0.39, 0.29) is 11.1 Å². The van der Waals surface area contributed by atoms with E-state index in [4.69, 9.17) is 0 Å². The molecule has 5 aromatic rings. The van der Waals surface area contributed by atoms with Gasteiger partial charge in [0, 0.05) is 0 Å². The van der Waals surface area contributed by atoms with Gasteiger partial charge in [0.1, 0.15) is 0 Å². The third kappa shape index (κ3) is 3.19. The van der Waals surface area contributed by atoms with Gasteiger partial charge in [0.25, 0.3) is 0 Å². The van der Waals surface area contributed by atoms with Gasteiger partial charge in [0.2, 0.25) is 0 Å². The van der Waals surface area contributed by atoms with Gasteiger partial charge >= 0.3 is 11.9 Å². The maximum atomic E-state index is 12.3. The summed E-state index contributed by atoms with van der Waals surface area (Å²) in [6.45, 7) is 0. The van der Waals surface area contributed by atoms with E-state index in [0.717, 1.165) is 21.5 Å². The molecule has 0 unspecified atom stereocenters. The molecule has 4 heteroatoms. The third-order valence-electron chi connectivity index (χ3n) is 5.78. The first-order valence-electron chi connectivity index (χ1n) is 10.2. The van der Waals surface area contributed by atoms with E-state index in [2.05, 4.69) is 0 Å². The van der Waals surface area contributed by atoms with Crippen LogP contribution in [0.2, 0.25) is 0 Å². The van der Waals surface area contributed by atoms with Gasteiger partial charge in [-0.2, -0.15) is 0 Å². The predicted molar refractivity (Wildman–Crippen MR) is 126 cm³/mol. The van der Waals surface area contributed by atoms with Gasteiger partial charge in [-0.25, -0.2) is 9.59 Å². The maximum Gasteiger partial charge on any atom is 0.336 e. The predicted octanol–water partition coefficient (Wildman–Crippen LogP) is 6.72. The molecule has 0 heterocycles. The molecule has 0 aliphatic rings. The molecule has 5 rings (SSSR count). The molecule has 0 fully saturated rings. The van der Waals surface area contributed by atoms with Gasteiger partial charge in [-0.3, -0.25) is 0 Å². The fourth-order valence-electron chi connectivity index (χ4n) is 4.32. The van der Waals surface area contributed by atoms with Crippen LogP contribution >= 0.6 is 0 Å². The Morgan fingerprint density at radius 3 is 1.25 bits per heavy atom. The first-order valence-corrected chi connectivity index (χ1v) is 10.2. The van der Waals surface area contributed by atoms with Crippen LogP contribution in [0.3, 0.4) is 0 Å². The monoisotopic (exact) mass is 418 g/mol. The summed E-state index contributed by atoms with van der Waals surface area (Å²) in [6.07, 6.45) is 0. The van der Waals surface area contributed by atoms with Crippen molar-refractivity contribution in [3.8, 4) is 22.3 Å². The highest BCUT2D eigenvalue weighted by Crippen LogP contribution is 2.38. The van der Waals surface area contributed by atoms with Crippen molar-refractivity contribution < 1.29 is 19.8 Å². The van der Waals surface area contributed by atoms with Crippen molar-refractivity contribution in [2.24, 2.45) is 0 Å². The molecule has 2 N–H and O–H groups in total. The van der Waals surface area contributed by atoms with Crippen molar-refractivity contribution in [1.29, 1.82) is 0 Å². The summed E-state index contributed by atoms with van der Waals surface area (Å²) < 4.78 is 0. The fraction of sp³-hybridized carbons (Fsp3) is 0. The van der Waals surface area contributed by atoms with Gasteiger partial charge in [-0.15, -0.1) is 0 Å². The van der Waals surface area contributed by atoms with Gasteiger partial charge in [-0.05, 0) is 55.9 Å². The minimum absolute atomic E-state index is 0.0642. The van der Waals surface area contributed by atoms with Crippen molar-refractivity contribution in [3.05, 3.63) is 108 Å². The zero-order valence-electron chi connectivity index (χ0n) is 16.9. The molecule has 5 aromatic carbocycles. The first kappa shape index (κ1) is 19.5. The molecule has 154 valence electrons. The van der Waals surface area contributed by atoms with E-state index in [1.54, 1.807) is 0 Å². The molecular formula is C28H18O4. The Kier molecular flexibility index (Phi) is 4.68. The number of aromatic carboxylic acids is 2. The lowest BCUT2D eigenvalue weighted by Crippen LogP contribution is -2.07. The second-order valence-electron chi connectivity index (χ2n) is 7.61. The standard InChI is InChI=1S/C28H18O4/c29-27(30)25-16-24(22-14-6-10-18-8-2-4-12-20(18)22)26(28(31)32)15-23(25)21-13-5-9-17-7-1-3-11-19(17)21/h1-16H,(H,29,30)(H,31,32). The Morgan fingerprint density at radius 1 is 0.469 bits per heavy atom. The summed E-state index contributed by atoms with van der Waals surface area (Å²) >= 11 is 0. The number of carbonyl (C=O) groups is 2. The van der Waals surface area contributed by atoms with Crippen LogP contribution in [-0.4, -0.2) is 22.2 Å². The highest BCUT2D eigenvalue weighted by molar-refractivity contribution is 6.10. The third-order valence-corrected chi connectivity index (χ3v) is 5.78. The molecule has 0 saturated carbocycles. The lowest BCUT2D eigenvalue weighted by atomic mass is 9.87. The first-order chi connectivity index (χ1) is 15.5. The van der Waals surface area contributed by atoms with E-state index < -0.39 is 11.9 Å². The van der Waals surface area contributed by atoms with E-state index in [1.807, 2.05) is 84.9 Å². The Morgan fingerprint density at radius 2 is 0.844 bits per heavy atom. The molecule has 0 radical (unpaired) electrons. The molecular weight excluding hydrogens is 400 g/mol. The Hall–Kier alpha value is -4.44. The van der Waals surface area contributed by atoms with Crippen LogP contribution in [-0.2, 0) is 0 Å². The molecule has 32 heavy (non-hydrogen) atoms. The fourth-order valence-corrected chi connectivity index (χ4v) is 4.32. The normalized spacial score (nSPS) is 11.0. The lowest BCUT2D eigenvalue weighted by molar-refractivity contribution is 0.0682. The summed E-state index contributed by atoms with van der Waals surface area (Å²) in [6, 6.07) is 29.5. The Labute approximate surface area is 184 Å². The van der Waals surface area contributed by atoms with E-state index >= 15 is 0 Å². The van der Waals surface area contributed by atoms with Crippen LogP contribution in [0.4, 0.5) is 0 Å².